The highest BCUT2D eigenvalue weighted by molar-refractivity contribution is 5.73. The topological polar surface area (TPSA) is 73.0 Å². The van der Waals surface area contributed by atoms with E-state index in [4.69, 9.17) is 0 Å². The van der Waals surface area contributed by atoms with Crippen LogP contribution in [0.15, 0.2) is 30.5 Å². The number of urea groups is 1. The Morgan fingerprint density at radius 2 is 2.17 bits per heavy atom. The second kappa shape index (κ2) is 7.29. The van der Waals surface area contributed by atoms with Crippen molar-refractivity contribution < 1.29 is 13.6 Å². The Hall–Kier alpha value is -2.64. The molecule has 2 heterocycles. The predicted molar refractivity (Wildman–Crippen MR) is 85.5 cm³/mol. The van der Waals surface area contributed by atoms with E-state index in [0.29, 0.717) is 25.3 Å². The maximum absolute atomic E-state index is 13.3. The molecule has 0 spiro atoms. The number of nitrogens with zero attached hydrogens (tertiary/aromatic N) is 2. The van der Waals surface area contributed by atoms with Gasteiger partial charge in [-0.05, 0) is 30.5 Å². The van der Waals surface area contributed by atoms with Gasteiger partial charge in [0.25, 0.3) is 0 Å². The highest BCUT2D eigenvalue weighted by atomic mass is 19.2. The number of halogens is 2. The van der Waals surface area contributed by atoms with Crippen LogP contribution < -0.4 is 15.5 Å². The highest BCUT2D eigenvalue weighted by Gasteiger charge is 2.23. The summed E-state index contributed by atoms with van der Waals surface area (Å²) in [4.78, 5) is 13.8. The molecule has 1 aliphatic heterocycles. The van der Waals surface area contributed by atoms with Crippen LogP contribution in [0.5, 0.6) is 0 Å². The lowest BCUT2D eigenvalue weighted by Crippen LogP contribution is -2.38. The lowest BCUT2D eigenvalue weighted by atomic mass is 10.1. The summed E-state index contributed by atoms with van der Waals surface area (Å²) in [5.74, 6) is -1.41. The molecule has 128 valence electrons. The number of hydrogen-bond donors (Lipinski definition) is 3. The first kappa shape index (κ1) is 16.2. The van der Waals surface area contributed by atoms with Crippen LogP contribution in [0.3, 0.4) is 0 Å². The second-order valence-corrected chi connectivity index (χ2v) is 5.84. The molecule has 2 aromatic rings. The Morgan fingerprint density at radius 1 is 1.29 bits per heavy atom. The molecule has 1 saturated heterocycles. The van der Waals surface area contributed by atoms with Gasteiger partial charge in [0.1, 0.15) is 0 Å². The summed E-state index contributed by atoms with van der Waals surface area (Å²) in [7, 11) is 0. The first-order chi connectivity index (χ1) is 11.6. The van der Waals surface area contributed by atoms with E-state index in [1.165, 1.54) is 6.07 Å². The fourth-order valence-corrected chi connectivity index (χ4v) is 2.77. The Balaban J connectivity index is 1.42. The lowest BCUT2D eigenvalue weighted by molar-refractivity contribution is 0.239. The van der Waals surface area contributed by atoms with Gasteiger partial charge in [0.2, 0.25) is 0 Å². The number of hydrogen-bond acceptors (Lipinski definition) is 3. The van der Waals surface area contributed by atoms with E-state index in [1.54, 1.807) is 18.3 Å². The molecule has 6 nitrogen and oxygen atoms in total. The summed E-state index contributed by atoms with van der Waals surface area (Å²) in [5.41, 5.74) is 1.50. The van der Waals surface area contributed by atoms with Crippen molar-refractivity contribution in [3.05, 3.63) is 47.8 Å². The number of carbonyl (C=O) groups is 1. The maximum Gasteiger partial charge on any atom is 0.315 e. The maximum atomic E-state index is 13.3. The van der Waals surface area contributed by atoms with Crippen molar-refractivity contribution in [3.63, 3.8) is 0 Å². The zero-order chi connectivity index (χ0) is 16.9. The summed E-state index contributed by atoms with van der Waals surface area (Å²) in [6.45, 7) is 2.38. The molecule has 3 rings (SSSR count). The van der Waals surface area contributed by atoms with Crippen molar-refractivity contribution >= 4 is 11.7 Å². The van der Waals surface area contributed by atoms with Crippen LogP contribution in [0.2, 0.25) is 0 Å². The average Bonchev–Trinajstić information content (AvgIpc) is 3.25. The number of rotatable bonds is 5. The summed E-state index contributed by atoms with van der Waals surface area (Å²) in [5, 5.41) is 12.1. The van der Waals surface area contributed by atoms with E-state index in [9.17, 15) is 13.6 Å². The third-order valence-electron chi connectivity index (χ3n) is 4.10. The van der Waals surface area contributed by atoms with Crippen molar-refractivity contribution in [1.29, 1.82) is 0 Å². The minimum absolute atomic E-state index is 0.240. The molecular weight excluding hydrogens is 316 g/mol. The van der Waals surface area contributed by atoms with Gasteiger partial charge >= 0.3 is 6.03 Å². The molecule has 1 fully saturated rings. The third-order valence-corrected chi connectivity index (χ3v) is 4.10. The summed E-state index contributed by atoms with van der Waals surface area (Å²) in [6.07, 6.45) is 2.51. The molecule has 1 aromatic heterocycles. The predicted octanol–water partition coefficient (Wildman–Crippen LogP) is 2.01. The number of benzene rings is 1. The number of aromatic nitrogens is 2. The number of amides is 2. The van der Waals surface area contributed by atoms with Gasteiger partial charge in [-0.15, -0.1) is 0 Å². The zero-order valence-electron chi connectivity index (χ0n) is 13.1. The monoisotopic (exact) mass is 335 g/mol. The van der Waals surface area contributed by atoms with Gasteiger partial charge in [-0.1, -0.05) is 0 Å². The van der Waals surface area contributed by atoms with Crippen molar-refractivity contribution in [3.8, 4) is 0 Å². The molecule has 1 aromatic carbocycles. The third kappa shape index (κ3) is 4.01. The first-order valence-corrected chi connectivity index (χ1v) is 7.82. The molecule has 2 amide bonds. The average molecular weight is 335 g/mol. The summed E-state index contributed by atoms with van der Waals surface area (Å²) >= 11 is 0. The molecule has 1 unspecified atom stereocenters. The number of anilines is 1. The van der Waals surface area contributed by atoms with Gasteiger partial charge in [0, 0.05) is 37.6 Å². The van der Waals surface area contributed by atoms with Crippen LogP contribution in [-0.2, 0) is 6.54 Å². The molecule has 0 saturated carbocycles. The summed E-state index contributed by atoms with van der Waals surface area (Å²) < 4.78 is 26.3. The number of nitrogens with one attached hydrogen (secondary N) is 3. The SMILES string of the molecule is O=C(NCc1ccn[nH]1)NCC1CCN(c2ccc(F)c(F)c2)C1. The molecule has 8 heteroatoms. The molecule has 0 bridgehead atoms. The zero-order valence-corrected chi connectivity index (χ0v) is 13.1. The Labute approximate surface area is 138 Å². The number of carbonyl (C=O) groups excluding carboxylic acids is 1. The van der Waals surface area contributed by atoms with Gasteiger partial charge in [0.15, 0.2) is 11.6 Å². The Bertz CT molecular complexity index is 692. The minimum atomic E-state index is -0.842. The van der Waals surface area contributed by atoms with Gasteiger partial charge in [-0.3, -0.25) is 5.10 Å². The van der Waals surface area contributed by atoms with Crippen molar-refractivity contribution in [2.75, 3.05) is 24.5 Å². The van der Waals surface area contributed by atoms with E-state index in [-0.39, 0.29) is 11.9 Å². The molecule has 24 heavy (non-hydrogen) atoms. The fraction of sp³-hybridized carbons (Fsp3) is 0.375. The second-order valence-electron chi connectivity index (χ2n) is 5.84. The molecule has 1 aliphatic rings. The van der Waals surface area contributed by atoms with Gasteiger partial charge in [0.05, 0.1) is 12.2 Å². The quantitative estimate of drug-likeness (QED) is 0.783. The largest absolute Gasteiger partial charge is 0.371 e. The number of aromatic amines is 1. The Kier molecular flexibility index (Phi) is 4.93. The molecule has 1 atom stereocenters. The first-order valence-electron chi connectivity index (χ1n) is 7.82. The summed E-state index contributed by atoms with van der Waals surface area (Å²) in [6, 6.07) is 5.47. The minimum Gasteiger partial charge on any atom is -0.371 e. The van der Waals surface area contributed by atoms with E-state index in [2.05, 4.69) is 20.8 Å². The normalized spacial score (nSPS) is 17.1. The molecular formula is C16H19F2N5O. The molecule has 0 radical (unpaired) electrons. The van der Waals surface area contributed by atoms with E-state index < -0.39 is 11.6 Å². The van der Waals surface area contributed by atoms with Crippen molar-refractivity contribution in [1.82, 2.24) is 20.8 Å². The van der Waals surface area contributed by atoms with Crippen LogP contribution in [0.4, 0.5) is 19.3 Å². The van der Waals surface area contributed by atoms with Gasteiger partial charge in [-0.25, -0.2) is 13.6 Å². The van der Waals surface area contributed by atoms with E-state index in [0.717, 1.165) is 24.7 Å². The van der Waals surface area contributed by atoms with Crippen LogP contribution in [0, 0.1) is 17.6 Å². The Morgan fingerprint density at radius 3 is 2.92 bits per heavy atom. The van der Waals surface area contributed by atoms with Crippen LogP contribution in [0.25, 0.3) is 0 Å². The van der Waals surface area contributed by atoms with Gasteiger partial charge < -0.3 is 15.5 Å². The van der Waals surface area contributed by atoms with Crippen LogP contribution in [0.1, 0.15) is 12.1 Å². The smallest absolute Gasteiger partial charge is 0.315 e. The van der Waals surface area contributed by atoms with Crippen LogP contribution >= 0.6 is 0 Å². The van der Waals surface area contributed by atoms with Crippen molar-refractivity contribution in [2.24, 2.45) is 5.92 Å². The molecule has 3 N–H and O–H groups in total. The number of H-pyrrole nitrogens is 1. The molecule has 0 aliphatic carbocycles. The fourth-order valence-electron chi connectivity index (χ4n) is 2.77. The van der Waals surface area contributed by atoms with Gasteiger partial charge in [-0.2, -0.15) is 5.10 Å². The standard InChI is InChI=1S/C16H19F2N5O/c17-14-2-1-13(7-15(14)18)23-6-4-11(10-23)8-19-16(24)20-9-12-3-5-21-22-12/h1-3,5,7,11H,4,6,8-10H2,(H,21,22)(H2,19,20,24). The van der Waals surface area contributed by atoms with E-state index >= 15 is 0 Å². The van der Waals surface area contributed by atoms with E-state index in [1.807, 2.05) is 4.90 Å². The van der Waals surface area contributed by atoms with Crippen LogP contribution in [-0.4, -0.2) is 35.9 Å². The van der Waals surface area contributed by atoms with Crippen molar-refractivity contribution in [2.45, 2.75) is 13.0 Å². The lowest BCUT2D eigenvalue weighted by Gasteiger charge is -2.19. The highest BCUT2D eigenvalue weighted by Crippen LogP contribution is 2.24.